The maximum atomic E-state index is 13.9. The monoisotopic (exact) mass is 278 g/mol. The van der Waals surface area contributed by atoms with E-state index in [9.17, 15) is 4.39 Å². The lowest BCUT2D eigenvalue weighted by molar-refractivity contribution is 0.0562. The largest absolute Gasteiger partial charge is 0.309 e. The summed E-state index contributed by atoms with van der Waals surface area (Å²) in [5, 5.41) is 3.62. The van der Waals surface area contributed by atoms with E-state index in [0.29, 0.717) is 18.5 Å². The number of nitrogens with one attached hydrogen (secondary N) is 1. The van der Waals surface area contributed by atoms with Crippen LogP contribution in [0.3, 0.4) is 0 Å². The lowest BCUT2D eigenvalue weighted by atomic mass is 9.90. The normalized spacial score (nSPS) is 24.6. The molecule has 2 unspecified atom stereocenters. The van der Waals surface area contributed by atoms with Gasteiger partial charge in [0, 0.05) is 36.8 Å². The summed E-state index contributed by atoms with van der Waals surface area (Å²) in [4.78, 5) is 2.45. The van der Waals surface area contributed by atoms with Crippen LogP contribution >= 0.6 is 0 Å². The first-order valence-corrected chi connectivity index (χ1v) is 7.65. The highest BCUT2D eigenvalue weighted by Gasteiger charge is 2.34. The molecule has 1 heterocycles. The van der Waals surface area contributed by atoms with Gasteiger partial charge >= 0.3 is 0 Å². The molecule has 0 aromatic heterocycles. The van der Waals surface area contributed by atoms with Gasteiger partial charge in [0.15, 0.2) is 0 Å². The fraction of sp³-hybridized carbons (Fsp3) is 0.647. The summed E-state index contributed by atoms with van der Waals surface area (Å²) in [5.74, 6) is 0.525. The van der Waals surface area contributed by atoms with E-state index >= 15 is 0 Å². The van der Waals surface area contributed by atoms with Gasteiger partial charge < -0.3 is 5.32 Å². The molecule has 2 atom stereocenters. The molecule has 1 aromatic carbocycles. The second kappa shape index (κ2) is 6.23. The van der Waals surface area contributed by atoms with Crippen molar-refractivity contribution in [2.45, 2.75) is 52.2 Å². The molecule has 112 valence electrons. The fourth-order valence-electron chi connectivity index (χ4n) is 3.04. The molecule has 1 aromatic rings. The Morgan fingerprint density at radius 3 is 2.75 bits per heavy atom. The van der Waals surface area contributed by atoms with Crippen LogP contribution in [0.5, 0.6) is 0 Å². The summed E-state index contributed by atoms with van der Waals surface area (Å²) in [5.41, 5.74) is 0.897. The number of piperazine rings is 1. The summed E-state index contributed by atoms with van der Waals surface area (Å²) in [6.07, 6.45) is 1.15. The molecule has 0 aliphatic carbocycles. The van der Waals surface area contributed by atoms with Crippen molar-refractivity contribution in [3.8, 4) is 0 Å². The third kappa shape index (κ3) is 3.58. The second-order valence-corrected chi connectivity index (χ2v) is 6.71. The molecule has 0 spiro atoms. The van der Waals surface area contributed by atoms with E-state index in [2.05, 4.69) is 37.9 Å². The molecular formula is C17H27FN2. The molecule has 1 aliphatic heterocycles. The van der Waals surface area contributed by atoms with Crippen molar-refractivity contribution in [2.24, 2.45) is 5.92 Å². The second-order valence-electron chi connectivity index (χ2n) is 6.71. The first-order valence-electron chi connectivity index (χ1n) is 7.65. The molecule has 0 amide bonds. The number of hydrogen-bond donors (Lipinski definition) is 1. The topological polar surface area (TPSA) is 15.3 Å². The molecule has 1 N–H and O–H groups in total. The predicted octanol–water partition coefficient (Wildman–Crippen LogP) is 3.42. The molecule has 1 aliphatic rings. The van der Waals surface area contributed by atoms with Crippen LogP contribution in [0.1, 0.15) is 39.7 Å². The van der Waals surface area contributed by atoms with Crippen molar-refractivity contribution in [3.63, 3.8) is 0 Å². The van der Waals surface area contributed by atoms with Crippen molar-refractivity contribution >= 4 is 0 Å². The molecular weight excluding hydrogens is 251 g/mol. The molecule has 20 heavy (non-hydrogen) atoms. The van der Waals surface area contributed by atoms with E-state index in [1.807, 2.05) is 12.1 Å². The zero-order valence-corrected chi connectivity index (χ0v) is 13.1. The lowest BCUT2D eigenvalue weighted by Gasteiger charge is -2.46. The fourth-order valence-corrected chi connectivity index (χ4v) is 3.04. The van der Waals surface area contributed by atoms with Gasteiger partial charge in [-0.15, -0.1) is 0 Å². The highest BCUT2D eigenvalue weighted by molar-refractivity contribution is 5.17. The molecule has 2 nitrogen and oxygen atoms in total. The predicted molar refractivity (Wildman–Crippen MR) is 82.1 cm³/mol. The minimum absolute atomic E-state index is 0.0910. The van der Waals surface area contributed by atoms with Crippen LogP contribution in [-0.2, 0) is 6.54 Å². The number of halogens is 1. The van der Waals surface area contributed by atoms with Crippen molar-refractivity contribution in [1.29, 1.82) is 0 Å². The van der Waals surface area contributed by atoms with Crippen molar-refractivity contribution in [1.82, 2.24) is 10.2 Å². The zero-order chi connectivity index (χ0) is 14.8. The van der Waals surface area contributed by atoms with Crippen LogP contribution < -0.4 is 5.32 Å². The average Bonchev–Trinajstić information content (AvgIpc) is 2.40. The molecule has 0 bridgehead atoms. The summed E-state index contributed by atoms with van der Waals surface area (Å²) in [6.45, 7) is 11.6. The van der Waals surface area contributed by atoms with Gasteiger partial charge in [-0.05, 0) is 25.8 Å². The standard InChI is InChI=1S/C17H27FN2/c1-5-13(2)16-10-19-17(3,4)12-20(16)11-14-8-6-7-9-15(14)18/h6-9,13,16,19H,5,10-12H2,1-4H3. The van der Waals surface area contributed by atoms with Gasteiger partial charge in [0.2, 0.25) is 0 Å². The van der Waals surface area contributed by atoms with E-state index < -0.39 is 0 Å². The van der Waals surface area contributed by atoms with E-state index in [0.717, 1.165) is 25.1 Å². The molecule has 0 saturated carbocycles. The van der Waals surface area contributed by atoms with Crippen molar-refractivity contribution < 1.29 is 4.39 Å². The van der Waals surface area contributed by atoms with E-state index in [1.165, 1.54) is 0 Å². The van der Waals surface area contributed by atoms with Gasteiger partial charge in [0.1, 0.15) is 5.82 Å². The summed E-state index contributed by atoms with van der Waals surface area (Å²) >= 11 is 0. The maximum absolute atomic E-state index is 13.9. The Bertz CT molecular complexity index is 444. The smallest absolute Gasteiger partial charge is 0.127 e. The van der Waals surface area contributed by atoms with Crippen LogP contribution in [0, 0.1) is 11.7 Å². The molecule has 1 fully saturated rings. The number of hydrogen-bond acceptors (Lipinski definition) is 2. The zero-order valence-electron chi connectivity index (χ0n) is 13.1. The van der Waals surface area contributed by atoms with Crippen molar-refractivity contribution in [3.05, 3.63) is 35.6 Å². The quantitative estimate of drug-likeness (QED) is 0.908. The average molecular weight is 278 g/mol. The number of nitrogens with zero attached hydrogens (tertiary/aromatic N) is 1. The molecule has 1 saturated heterocycles. The van der Waals surface area contributed by atoms with Gasteiger partial charge in [-0.3, -0.25) is 4.90 Å². The molecule has 3 heteroatoms. The highest BCUT2D eigenvalue weighted by atomic mass is 19.1. The third-order valence-electron chi connectivity index (χ3n) is 4.49. The molecule has 0 radical (unpaired) electrons. The Balaban J connectivity index is 2.17. The van der Waals surface area contributed by atoms with E-state index in [1.54, 1.807) is 12.1 Å². The van der Waals surface area contributed by atoms with Crippen LogP contribution in [0.2, 0.25) is 0 Å². The Hall–Kier alpha value is -0.930. The minimum atomic E-state index is -0.0910. The maximum Gasteiger partial charge on any atom is 0.127 e. The molecule has 2 rings (SSSR count). The van der Waals surface area contributed by atoms with Crippen molar-refractivity contribution in [2.75, 3.05) is 13.1 Å². The SMILES string of the molecule is CCC(C)C1CNC(C)(C)CN1Cc1ccccc1F. The Morgan fingerprint density at radius 1 is 1.40 bits per heavy atom. The lowest BCUT2D eigenvalue weighted by Crippen LogP contribution is -2.62. The van der Waals surface area contributed by atoms with Crippen LogP contribution in [0.4, 0.5) is 4.39 Å². The van der Waals surface area contributed by atoms with E-state index in [4.69, 9.17) is 0 Å². The Morgan fingerprint density at radius 2 is 2.10 bits per heavy atom. The van der Waals surface area contributed by atoms with Gasteiger partial charge in [-0.1, -0.05) is 38.5 Å². The minimum Gasteiger partial charge on any atom is -0.309 e. The van der Waals surface area contributed by atoms with Gasteiger partial charge in [-0.2, -0.15) is 0 Å². The number of benzene rings is 1. The Kier molecular flexibility index (Phi) is 4.82. The summed E-state index contributed by atoms with van der Waals surface area (Å²) in [6, 6.07) is 7.61. The van der Waals surface area contributed by atoms with Gasteiger partial charge in [0.05, 0.1) is 0 Å². The first-order chi connectivity index (χ1) is 9.43. The van der Waals surface area contributed by atoms with Crippen LogP contribution in [0.25, 0.3) is 0 Å². The first kappa shape index (κ1) is 15.5. The Labute approximate surface area is 122 Å². The summed E-state index contributed by atoms with van der Waals surface area (Å²) in [7, 11) is 0. The van der Waals surface area contributed by atoms with Crippen LogP contribution in [-0.4, -0.2) is 29.6 Å². The summed E-state index contributed by atoms with van der Waals surface area (Å²) < 4.78 is 13.9. The van der Waals surface area contributed by atoms with Crippen LogP contribution in [0.15, 0.2) is 24.3 Å². The van der Waals surface area contributed by atoms with E-state index in [-0.39, 0.29) is 11.4 Å². The highest BCUT2D eigenvalue weighted by Crippen LogP contribution is 2.24. The van der Waals surface area contributed by atoms with Gasteiger partial charge in [0.25, 0.3) is 0 Å². The third-order valence-corrected chi connectivity index (χ3v) is 4.49. The number of rotatable bonds is 4. The van der Waals surface area contributed by atoms with Gasteiger partial charge in [-0.25, -0.2) is 4.39 Å².